The molecule has 0 radical (unpaired) electrons. The highest BCUT2D eigenvalue weighted by Crippen LogP contribution is 2.27. The monoisotopic (exact) mass is 260 g/mol. The van der Waals surface area contributed by atoms with E-state index < -0.39 is 0 Å². The van der Waals surface area contributed by atoms with Gasteiger partial charge in [0.05, 0.1) is 11.3 Å². The average Bonchev–Trinajstić information content (AvgIpc) is 3.00. The highest BCUT2D eigenvalue weighted by molar-refractivity contribution is 5.57. The molecule has 0 aromatic carbocycles. The lowest BCUT2D eigenvalue weighted by molar-refractivity contribution is 0.391. The Bertz CT molecular complexity index is 582. The second kappa shape index (κ2) is 4.77. The lowest BCUT2D eigenvalue weighted by Gasteiger charge is -2.22. The number of aromatic nitrogens is 5. The lowest BCUT2D eigenvalue weighted by atomic mass is 9.98. The SMILES string of the molecule is CCc1nn(C)cc1-c1nnc2n1CCC(CN)C2. The molecule has 0 bridgehead atoms. The molecule has 3 heterocycles. The highest BCUT2D eigenvalue weighted by Gasteiger charge is 2.24. The molecular formula is C13H20N6. The molecule has 0 amide bonds. The second-order valence-corrected chi connectivity index (χ2v) is 5.20. The fourth-order valence-corrected chi connectivity index (χ4v) is 2.78. The molecule has 0 aliphatic carbocycles. The van der Waals surface area contributed by atoms with Gasteiger partial charge in [-0.05, 0) is 25.3 Å². The Hall–Kier alpha value is -1.69. The molecule has 3 rings (SSSR count). The lowest BCUT2D eigenvalue weighted by Crippen LogP contribution is -2.25. The van der Waals surface area contributed by atoms with Crippen LogP contribution in [0.25, 0.3) is 11.4 Å². The van der Waals surface area contributed by atoms with Crippen LogP contribution >= 0.6 is 0 Å². The van der Waals surface area contributed by atoms with E-state index in [2.05, 4.69) is 26.8 Å². The molecule has 6 nitrogen and oxygen atoms in total. The summed E-state index contributed by atoms with van der Waals surface area (Å²) in [6.07, 6.45) is 4.98. The quantitative estimate of drug-likeness (QED) is 0.884. The first-order valence-electron chi connectivity index (χ1n) is 6.88. The number of nitrogens with two attached hydrogens (primary N) is 1. The summed E-state index contributed by atoms with van der Waals surface area (Å²) in [7, 11) is 1.95. The van der Waals surface area contributed by atoms with Crippen LogP contribution in [0, 0.1) is 5.92 Å². The van der Waals surface area contributed by atoms with Crippen LogP contribution in [-0.4, -0.2) is 31.1 Å². The van der Waals surface area contributed by atoms with Crippen LogP contribution in [-0.2, 0) is 26.4 Å². The third-order valence-corrected chi connectivity index (χ3v) is 3.87. The van der Waals surface area contributed by atoms with Crippen LogP contribution < -0.4 is 5.73 Å². The van der Waals surface area contributed by atoms with Crippen LogP contribution in [0.1, 0.15) is 24.9 Å². The smallest absolute Gasteiger partial charge is 0.167 e. The maximum Gasteiger partial charge on any atom is 0.167 e. The van der Waals surface area contributed by atoms with E-state index in [1.54, 1.807) is 0 Å². The molecule has 1 unspecified atom stereocenters. The van der Waals surface area contributed by atoms with Crippen molar-refractivity contribution >= 4 is 0 Å². The molecule has 2 N–H and O–H groups in total. The van der Waals surface area contributed by atoms with Crippen molar-refractivity contribution in [3.05, 3.63) is 17.7 Å². The molecule has 2 aromatic rings. The minimum atomic E-state index is 0.545. The standard InChI is InChI=1S/C13H20N6/c1-3-11-10(8-18(2)17-11)13-16-15-12-6-9(7-14)4-5-19(12)13/h8-9H,3-7,14H2,1-2H3. The first-order valence-corrected chi connectivity index (χ1v) is 6.88. The first kappa shape index (κ1) is 12.3. The Kier molecular flexibility index (Phi) is 3.10. The van der Waals surface area contributed by atoms with Gasteiger partial charge in [0.15, 0.2) is 5.82 Å². The number of hydrogen-bond donors (Lipinski definition) is 1. The summed E-state index contributed by atoms with van der Waals surface area (Å²) in [5.74, 6) is 2.56. The Morgan fingerprint density at radius 3 is 3.00 bits per heavy atom. The topological polar surface area (TPSA) is 74.5 Å². The Labute approximate surface area is 112 Å². The fraction of sp³-hybridized carbons (Fsp3) is 0.615. The number of hydrogen-bond acceptors (Lipinski definition) is 4. The van der Waals surface area contributed by atoms with Crippen molar-refractivity contribution in [2.24, 2.45) is 18.7 Å². The van der Waals surface area contributed by atoms with E-state index >= 15 is 0 Å². The van der Waals surface area contributed by atoms with Gasteiger partial charge in [-0.2, -0.15) is 5.10 Å². The minimum Gasteiger partial charge on any atom is -0.330 e. The summed E-state index contributed by atoms with van der Waals surface area (Å²) in [5, 5.41) is 13.2. The first-order chi connectivity index (χ1) is 9.22. The normalized spacial score (nSPS) is 18.6. The van der Waals surface area contributed by atoms with Gasteiger partial charge in [0.25, 0.3) is 0 Å². The largest absolute Gasteiger partial charge is 0.330 e. The van der Waals surface area contributed by atoms with Crippen molar-refractivity contribution in [2.45, 2.75) is 32.7 Å². The Morgan fingerprint density at radius 2 is 2.26 bits per heavy atom. The predicted octanol–water partition coefficient (Wildman–Crippen LogP) is 0.762. The summed E-state index contributed by atoms with van der Waals surface area (Å²) >= 11 is 0. The summed E-state index contributed by atoms with van der Waals surface area (Å²) in [4.78, 5) is 0. The molecule has 0 fully saturated rings. The number of nitrogens with zero attached hydrogens (tertiary/aromatic N) is 5. The minimum absolute atomic E-state index is 0.545. The number of rotatable bonds is 3. The van der Waals surface area contributed by atoms with Gasteiger partial charge in [-0.15, -0.1) is 10.2 Å². The van der Waals surface area contributed by atoms with Crippen molar-refractivity contribution in [2.75, 3.05) is 6.54 Å². The van der Waals surface area contributed by atoms with Gasteiger partial charge in [-0.3, -0.25) is 4.68 Å². The molecule has 19 heavy (non-hydrogen) atoms. The van der Waals surface area contributed by atoms with Crippen molar-refractivity contribution in [1.29, 1.82) is 0 Å². The summed E-state index contributed by atoms with van der Waals surface area (Å²) in [6, 6.07) is 0. The molecule has 0 saturated carbocycles. The van der Waals surface area contributed by atoms with Crippen molar-refractivity contribution in [1.82, 2.24) is 24.5 Å². The summed E-state index contributed by atoms with van der Waals surface area (Å²) in [6.45, 7) is 3.80. The maximum absolute atomic E-state index is 5.76. The van der Waals surface area contributed by atoms with Crippen LogP contribution in [0.4, 0.5) is 0 Å². The third kappa shape index (κ3) is 2.06. The molecule has 1 aliphatic rings. The highest BCUT2D eigenvalue weighted by atomic mass is 15.3. The van der Waals surface area contributed by atoms with Crippen LogP contribution in [0.15, 0.2) is 6.20 Å². The zero-order valence-electron chi connectivity index (χ0n) is 11.5. The van der Waals surface area contributed by atoms with Crippen molar-refractivity contribution in [3.8, 4) is 11.4 Å². The van der Waals surface area contributed by atoms with Crippen LogP contribution in [0.2, 0.25) is 0 Å². The third-order valence-electron chi connectivity index (χ3n) is 3.87. The molecular weight excluding hydrogens is 240 g/mol. The predicted molar refractivity (Wildman–Crippen MR) is 72.5 cm³/mol. The van der Waals surface area contributed by atoms with E-state index in [-0.39, 0.29) is 0 Å². The zero-order valence-corrected chi connectivity index (χ0v) is 11.5. The number of fused-ring (bicyclic) bond motifs is 1. The maximum atomic E-state index is 5.76. The van der Waals surface area contributed by atoms with Gasteiger partial charge in [0.2, 0.25) is 0 Å². The van der Waals surface area contributed by atoms with Crippen LogP contribution in [0.5, 0.6) is 0 Å². The molecule has 1 aliphatic heterocycles. The van der Waals surface area contributed by atoms with E-state index in [0.29, 0.717) is 5.92 Å². The fourth-order valence-electron chi connectivity index (χ4n) is 2.78. The molecule has 0 spiro atoms. The van der Waals surface area contributed by atoms with E-state index in [0.717, 1.165) is 55.3 Å². The van der Waals surface area contributed by atoms with E-state index in [1.807, 2.05) is 17.9 Å². The van der Waals surface area contributed by atoms with Gasteiger partial charge < -0.3 is 10.3 Å². The van der Waals surface area contributed by atoms with E-state index in [1.165, 1.54) is 0 Å². The van der Waals surface area contributed by atoms with E-state index in [9.17, 15) is 0 Å². The second-order valence-electron chi connectivity index (χ2n) is 5.20. The molecule has 2 aromatic heterocycles. The Morgan fingerprint density at radius 1 is 1.42 bits per heavy atom. The van der Waals surface area contributed by atoms with Gasteiger partial charge in [0.1, 0.15) is 5.82 Å². The van der Waals surface area contributed by atoms with Crippen molar-refractivity contribution < 1.29 is 0 Å². The molecule has 1 atom stereocenters. The molecule has 6 heteroatoms. The Balaban J connectivity index is 2.01. The molecule has 0 saturated heterocycles. The van der Waals surface area contributed by atoms with Gasteiger partial charge in [-0.25, -0.2) is 0 Å². The average molecular weight is 260 g/mol. The van der Waals surface area contributed by atoms with Gasteiger partial charge in [0, 0.05) is 26.2 Å². The van der Waals surface area contributed by atoms with Crippen LogP contribution in [0.3, 0.4) is 0 Å². The van der Waals surface area contributed by atoms with Gasteiger partial charge in [-0.1, -0.05) is 6.92 Å². The van der Waals surface area contributed by atoms with E-state index in [4.69, 9.17) is 5.73 Å². The zero-order chi connectivity index (χ0) is 13.4. The number of aryl methyl sites for hydroxylation is 2. The summed E-state index contributed by atoms with van der Waals surface area (Å²) in [5.41, 5.74) is 7.95. The summed E-state index contributed by atoms with van der Waals surface area (Å²) < 4.78 is 4.07. The molecule has 102 valence electrons. The van der Waals surface area contributed by atoms with Crippen molar-refractivity contribution in [3.63, 3.8) is 0 Å². The van der Waals surface area contributed by atoms with Gasteiger partial charge >= 0.3 is 0 Å².